The van der Waals surface area contributed by atoms with Crippen LogP contribution in [-0.2, 0) is 14.4 Å². The quantitative estimate of drug-likeness (QED) is 0.222. The molecule has 1 heterocycles. The highest BCUT2D eigenvalue weighted by Crippen LogP contribution is 2.65. The Labute approximate surface area is 254 Å². The van der Waals surface area contributed by atoms with Gasteiger partial charge in [-0.3, -0.25) is 19.2 Å². The number of nitrogens with zero attached hydrogens (tertiary/aromatic N) is 1. The summed E-state index contributed by atoms with van der Waals surface area (Å²) in [5, 5.41) is 6.46. The molecule has 3 aromatic rings. The van der Waals surface area contributed by atoms with Crippen LogP contribution >= 0.6 is 58.0 Å². The molecule has 0 spiro atoms. The summed E-state index contributed by atoms with van der Waals surface area (Å²) < 4.78 is -1.37. The van der Waals surface area contributed by atoms with Crippen molar-refractivity contribution in [2.75, 3.05) is 15.5 Å². The van der Waals surface area contributed by atoms with E-state index >= 15 is 0 Å². The molecule has 2 atom stereocenters. The SMILES string of the molecule is Cc1cc(N2C(=O)C=CC2=O)ccc1NC(=O)c1cc(NC(=O)[C@@H]2[C@@H](c3cc(Cl)cc(Cl)c3)C2(Cl)Cl)ccc1Cl. The molecule has 1 saturated carbocycles. The van der Waals surface area contributed by atoms with Crippen LogP contribution < -0.4 is 15.5 Å². The Kier molecular flexibility index (Phi) is 7.63. The van der Waals surface area contributed by atoms with Crippen LogP contribution in [0.4, 0.5) is 17.1 Å². The second-order valence-electron chi connectivity index (χ2n) is 9.32. The van der Waals surface area contributed by atoms with Gasteiger partial charge in [-0.15, -0.1) is 23.2 Å². The molecule has 0 saturated heterocycles. The topological polar surface area (TPSA) is 95.6 Å². The van der Waals surface area contributed by atoms with Crippen LogP contribution in [0.3, 0.4) is 0 Å². The van der Waals surface area contributed by atoms with E-state index in [4.69, 9.17) is 58.0 Å². The molecule has 40 heavy (non-hydrogen) atoms. The van der Waals surface area contributed by atoms with E-state index in [1.54, 1.807) is 49.4 Å². The highest BCUT2D eigenvalue weighted by Gasteiger charge is 2.67. The highest BCUT2D eigenvalue weighted by atomic mass is 35.5. The lowest BCUT2D eigenvalue weighted by atomic mass is 10.1. The van der Waals surface area contributed by atoms with Crippen molar-refractivity contribution < 1.29 is 19.2 Å². The number of nitrogens with one attached hydrogen (secondary N) is 2. The highest BCUT2D eigenvalue weighted by molar-refractivity contribution is 6.53. The number of hydrogen-bond donors (Lipinski definition) is 2. The van der Waals surface area contributed by atoms with E-state index in [1.807, 2.05) is 0 Å². The van der Waals surface area contributed by atoms with Gasteiger partial charge in [0.15, 0.2) is 0 Å². The number of halogens is 5. The average Bonchev–Trinajstić information content (AvgIpc) is 3.31. The van der Waals surface area contributed by atoms with Crippen LogP contribution in [0.1, 0.15) is 27.4 Å². The Morgan fingerprint density at radius 3 is 2.12 bits per heavy atom. The maximum absolute atomic E-state index is 13.1. The predicted molar refractivity (Wildman–Crippen MR) is 158 cm³/mol. The van der Waals surface area contributed by atoms with Crippen molar-refractivity contribution in [3.05, 3.63) is 98.5 Å². The summed E-state index contributed by atoms with van der Waals surface area (Å²) in [6.45, 7) is 1.72. The molecule has 1 aliphatic carbocycles. The van der Waals surface area contributed by atoms with Gasteiger partial charge in [0.25, 0.3) is 17.7 Å². The lowest BCUT2D eigenvalue weighted by Crippen LogP contribution is -2.29. The zero-order valence-electron chi connectivity index (χ0n) is 20.5. The average molecular weight is 638 g/mol. The Hall–Kier alpha value is -3.07. The summed E-state index contributed by atoms with van der Waals surface area (Å²) in [6.07, 6.45) is 2.38. The zero-order chi connectivity index (χ0) is 28.9. The fraction of sp³-hybridized carbons (Fsp3) is 0.143. The maximum Gasteiger partial charge on any atom is 0.258 e. The third-order valence-corrected chi connectivity index (χ3v) is 8.29. The minimum Gasteiger partial charge on any atom is -0.326 e. The van der Waals surface area contributed by atoms with Crippen LogP contribution in [0.5, 0.6) is 0 Å². The zero-order valence-corrected chi connectivity index (χ0v) is 24.3. The predicted octanol–water partition coefficient (Wildman–Crippen LogP) is 7.16. The van der Waals surface area contributed by atoms with E-state index < -0.39 is 39.8 Å². The van der Waals surface area contributed by atoms with E-state index in [-0.39, 0.29) is 10.6 Å². The van der Waals surface area contributed by atoms with E-state index in [0.29, 0.717) is 38.2 Å². The van der Waals surface area contributed by atoms with Gasteiger partial charge in [-0.05, 0) is 72.6 Å². The molecule has 1 fully saturated rings. The molecule has 3 aromatic carbocycles. The van der Waals surface area contributed by atoms with Gasteiger partial charge >= 0.3 is 0 Å². The van der Waals surface area contributed by atoms with Crippen LogP contribution in [-0.4, -0.2) is 28.0 Å². The second kappa shape index (κ2) is 10.7. The fourth-order valence-corrected chi connectivity index (χ4v) is 6.17. The third-order valence-electron chi connectivity index (χ3n) is 6.58. The minimum absolute atomic E-state index is 0.106. The van der Waals surface area contributed by atoms with Crippen molar-refractivity contribution in [3.63, 3.8) is 0 Å². The summed E-state index contributed by atoms with van der Waals surface area (Å²) in [4.78, 5) is 51.2. The fourth-order valence-electron chi connectivity index (χ4n) is 4.59. The van der Waals surface area contributed by atoms with Gasteiger partial charge < -0.3 is 10.6 Å². The first-order chi connectivity index (χ1) is 18.9. The van der Waals surface area contributed by atoms with E-state index in [9.17, 15) is 19.2 Å². The number of imide groups is 1. The summed E-state index contributed by atoms with van der Waals surface area (Å²) >= 11 is 31.4. The maximum atomic E-state index is 13.1. The molecule has 7 nitrogen and oxygen atoms in total. The second-order valence-corrected chi connectivity index (χ2v) is 12.0. The lowest BCUT2D eigenvalue weighted by Gasteiger charge is -2.17. The molecule has 2 aliphatic rings. The molecule has 0 unspecified atom stereocenters. The molecule has 1 aliphatic heterocycles. The minimum atomic E-state index is -1.37. The first-order valence-corrected chi connectivity index (χ1v) is 13.7. The summed E-state index contributed by atoms with van der Waals surface area (Å²) in [5.41, 5.74) is 2.49. The Balaban J connectivity index is 1.30. The van der Waals surface area contributed by atoms with Gasteiger partial charge in [0.1, 0.15) is 4.33 Å². The first-order valence-electron chi connectivity index (χ1n) is 11.8. The van der Waals surface area contributed by atoms with Gasteiger partial charge in [-0.1, -0.05) is 34.8 Å². The number of aryl methyl sites for hydroxylation is 1. The molecule has 2 N–H and O–H groups in total. The number of anilines is 3. The molecule has 0 bridgehead atoms. The van der Waals surface area contributed by atoms with Crippen LogP contribution in [0, 0.1) is 12.8 Å². The molecule has 0 aromatic heterocycles. The van der Waals surface area contributed by atoms with Gasteiger partial charge in [-0.25, -0.2) is 4.90 Å². The van der Waals surface area contributed by atoms with Crippen molar-refractivity contribution >= 4 is 98.7 Å². The molecule has 204 valence electrons. The number of rotatable bonds is 6. The number of carbonyl (C=O) groups is 4. The molecule has 4 amide bonds. The summed E-state index contributed by atoms with van der Waals surface area (Å²) in [5.74, 6) is -3.19. The van der Waals surface area contributed by atoms with E-state index in [2.05, 4.69) is 10.6 Å². The Morgan fingerprint density at radius 2 is 1.50 bits per heavy atom. The normalized spacial score (nSPS) is 19.1. The third kappa shape index (κ3) is 5.45. The number of benzene rings is 3. The first kappa shape index (κ1) is 28.5. The summed E-state index contributed by atoms with van der Waals surface area (Å²) in [6, 6.07) is 14.1. The molecule has 5 rings (SSSR count). The Bertz CT molecular complexity index is 1600. The number of amides is 4. The summed E-state index contributed by atoms with van der Waals surface area (Å²) in [7, 11) is 0. The Morgan fingerprint density at radius 1 is 0.850 bits per heavy atom. The smallest absolute Gasteiger partial charge is 0.258 e. The van der Waals surface area contributed by atoms with Gasteiger partial charge in [0, 0.05) is 39.5 Å². The molecular formula is C28H18Cl5N3O4. The van der Waals surface area contributed by atoms with Crippen LogP contribution in [0.2, 0.25) is 15.1 Å². The number of hydrogen-bond acceptors (Lipinski definition) is 4. The van der Waals surface area contributed by atoms with Crippen molar-refractivity contribution in [1.82, 2.24) is 0 Å². The molecular weight excluding hydrogens is 620 g/mol. The van der Waals surface area contributed by atoms with Crippen molar-refractivity contribution in [1.29, 1.82) is 0 Å². The van der Waals surface area contributed by atoms with E-state index in [0.717, 1.165) is 4.90 Å². The lowest BCUT2D eigenvalue weighted by molar-refractivity contribution is -0.120. The standard InChI is InChI=1S/C28H18Cl5N3O4/c1-13-8-18(36-22(37)6-7-23(36)38)3-5-21(13)35-26(39)19-12-17(2-4-20(19)31)34-27(40)25-24(28(25,32)33)14-9-15(29)11-16(30)10-14/h2-12,24-25H,1H3,(H,34,40)(H,35,39)/t24-,25+/m1/s1. The van der Waals surface area contributed by atoms with Gasteiger partial charge in [0.05, 0.1) is 22.2 Å². The van der Waals surface area contributed by atoms with Crippen LogP contribution in [0.15, 0.2) is 66.7 Å². The van der Waals surface area contributed by atoms with Crippen molar-refractivity contribution in [2.45, 2.75) is 17.2 Å². The largest absolute Gasteiger partial charge is 0.326 e. The van der Waals surface area contributed by atoms with Crippen molar-refractivity contribution in [2.24, 2.45) is 5.92 Å². The van der Waals surface area contributed by atoms with Gasteiger partial charge in [-0.2, -0.15) is 0 Å². The van der Waals surface area contributed by atoms with E-state index in [1.165, 1.54) is 24.3 Å². The van der Waals surface area contributed by atoms with Crippen LogP contribution in [0.25, 0.3) is 0 Å². The van der Waals surface area contributed by atoms with Gasteiger partial charge in [0.2, 0.25) is 5.91 Å². The molecule has 0 radical (unpaired) electrons. The monoisotopic (exact) mass is 635 g/mol. The van der Waals surface area contributed by atoms with Crippen molar-refractivity contribution in [3.8, 4) is 0 Å². The number of carbonyl (C=O) groups excluding carboxylic acids is 4. The number of alkyl halides is 2. The molecule has 12 heteroatoms.